The van der Waals surface area contributed by atoms with E-state index in [1.54, 1.807) is 10.0 Å². The van der Waals surface area contributed by atoms with Crippen LogP contribution in [0.15, 0.2) is 40.5 Å². The van der Waals surface area contributed by atoms with E-state index in [1.807, 2.05) is 31.2 Å². The summed E-state index contributed by atoms with van der Waals surface area (Å²) in [6.45, 7) is 1.82. The molecule has 14 heavy (non-hydrogen) atoms. The normalized spacial score (nSPS) is 11.2. The van der Waals surface area contributed by atoms with Gasteiger partial charge in [0, 0.05) is 4.47 Å². The molecule has 1 aromatic rings. The molecule has 4 heteroatoms. The average Bonchev–Trinajstić information content (AvgIpc) is 2.20. The molecule has 0 saturated heterocycles. The van der Waals surface area contributed by atoms with Crippen molar-refractivity contribution in [1.82, 2.24) is 0 Å². The Morgan fingerprint density at radius 1 is 1.36 bits per heavy atom. The molecule has 0 aromatic heterocycles. The predicted octanol–water partition coefficient (Wildman–Crippen LogP) is 3.67. The van der Waals surface area contributed by atoms with Crippen molar-refractivity contribution < 1.29 is 4.79 Å². The zero-order valence-corrected chi connectivity index (χ0v) is 10.7. The molecule has 1 rings (SSSR count). The molecule has 0 N–H and O–H groups in total. The molecule has 0 heterocycles. The molecule has 0 aliphatic heterocycles. The van der Waals surface area contributed by atoms with Crippen LogP contribution in [0, 0.1) is 0 Å². The van der Waals surface area contributed by atoms with Crippen LogP contribution in [-0.4, -0.2) is 6.29 Å². The summed E-state index contributed by atoms with van der Waals surface area (Å²) in [5.74, 6) is 0. The number of rotatable bonds is 3. The minimum Gasteiger partial charge on any atom is -0.296 e. The van der Waals surface area contributed by atoms with Crippen molar-refractivity contribution in [1.29, 1.82) is 0 Å². The van der Waals surface area contributed by atoms with Crippen LogP contribution in [0.2, 0.25) is 0 Å². The first-order valence-electron chi connectivity index (χ1n) is 4.02. The van der Waals surface area contributed by atoms with E-state index in [0.29, 0.717) is 5.70 Å². The summed E-state index contributed by atoms with van der Waals surface area (Å²) >= 11 is 6.66. The number of benzene rings is 1. The first-order valence-corrected chi connectivity index (χ1v) is 5.52. The summed E-state index contributed by atoms with van der Waals surface area (Å²) in [5.41, 5.74) is 1.49. The van der Waals surface area contributed by atoms with Crippen molar-refractivity contribution in [3.05, 3.63) is 40.5 Å². The average molecular weight is 319 g/mol. The van der Waals surface area contributed by atoms with Crippen LogP contribution in [0.25, 0.3) is 0 Å². The van der Waals surface area contributed by atoms with E-state index >= 15 is 0 Å². The fraction of sp³-hybridized carbons (Fsp3) is 0.100. The molecule has 0 fully saturated rings. The van der Waals surface area contributed by atoms with Gasteiger partial charge in [-0.3, -0.25) is 8.72 Å². The first kappa shape index (κ1) is 11.5. The lowest BCUT2D eigenvalue weighted by atomic mass is 10.3. The number of aldehydes is 1. The maximum atomic E-state index is 10.7. The number of halogens is 2. The van der Waals surface area contributed by atoms with Crippen LogP contribution in [0.1, 0.15) is 6.92 Å². The Morgan fingerprint density at radius 2 is 1.93 bits per heavy atom. The molecule has 0 unspecified atom stereocenters. The van der Waals surface area contributed by atoms with Gasteiger partial charge in [-0.25, -0.2) is 0 Å². The number of anilines is 1. The third-order valence-electron chi connectivity index (χ3n) is 1.70. The lowest BCUT2D eigenvalue weighted by Crippen LogP contribution is -2.09. The molecule has 0 saturated carbocycles. The number of allylic oxidation sites excluding steroid dienone is 2. The smallest absolute Gasteiger partial charge is 0.166 e. The molecule has 0 aliphatic carbocycles. The van der Waals surface area contributed by atoms with Gasteiger partial charge < -0.3 is 0 Å². The van der Waals surface area contributed by atoms with Gasteiger partial charge in [0.05, 0.1) is 27.5 Å². The van der Waals surface area contributed by atoms with E-state index in [0.717, 1.165) is 16.4 Å². The molecule has 74 valence electrons. The SMILES string of the molecule is C/C=C(/C=O)N(Br)c1ccc(Br)cc1. The topological polar surface area (TPSA) is 20.3 Å². The molecule has 1 aromatic carbocycles. The quantitative estimate of drug-likeness (QED) is 0.481. The highest BCUT2D eigenvalue weighted by atomic mass is 79.9. The largest absolute Gasteiger partial charge is 0.296 e. The van der Waals surface area contributed by atoms with Crippen LogP contribution in [0.4, 0.5) is 5.69 Å². The van der Waals surface area contributed by atoms with Crippen LogP contribution in [-0.2, 0) is 4.79 Å². The second-order valence-corrected chi connectivity index (χ2v) is 4.21. The van der Waals surface area contributed by atoms with Gasteiger partial charge in [0.2, 0.25) is 0 Å². The Hall–Kier alpha value is -0.610. The maximum Gasteiger partial charge on any atom is 0.166 e. The monoisotopic (exact) mass is 317 g/mol. The highest BCUT2D eigenvalue weighted by molar-refractivity contribution is 9.10. The van der Waals surface area contributed by atoms with E-state index < -0.39 is 0 Å². The van der Waals surface area contributed by atoms with Gasteiger partial charge in [0.1, 0.15) is 0 Å². The zero-order valence-electron chi connectivity index (χ0n) is 7.58. The van der Waals surface area contributed by atoms with E-state index in [1.165, 1.54) is 0 Å². The Bertz CT molecular complexity index is 346. The van der Waals surface area contributed by atoms with Gasteiger partial charge in [-0.05, 0) is 31.2 Å². The fourth-order valence-electron chi connectivity index (χ4n) is 0.949. The lowest BCUT2D eigenvalue weighted by Gasteiger charge is -2.15. The number of hydrogen-bond acceptors (Lipinski definition) is 2. The molecular weight excluding hydrogens is 310 g/mol. The number of carbonyl (C=O) groups excluding carboxylic acids is 1. The number of hydrogen-bond donors (Lipinski definition) is 0. The molecule has 0 aliphatic rings. The summed E-state index contributed by atoms with van der Waals surface area (Å²) in [5, 5.41) is 0. The highest BCUT2D eigenvalue weighted by Crippen LogP contribution is 2.24. The highest BCUT2D eigenvalue weighted by Gasteiger charge is 2.06. The van der Waals surface area contributed by atoms with Crippen molar-refractivity contribution in [3.8, 4) is 0 Å². The Kier molecular flexibility index (Phi) is 4.35. The molecular formula is C10H9Br2NO. The summed E-state index contributed by atoms with van der Waals surface area (Å²) in [4.78, 5) is 10.7. The molecule has 0 atom stereocenters. The van der Waals surface area contributed by atoms with Gasteiger partial charge in [0.25, 0.3) is 0 Å². The summed E-state index contributed by atoms with van der Waals surface area (Å²) in [6.07, 6.45) is 2.54. The van der Waals surface area contributed by atoms with E-state index in [9.17, 15) is 4.79 Å². The van der Waals surface area contributed by atoms with E-state index in [4.69, 9.17) is 0 Å². The van der Waals surface area contributed by atoms with Gasteiger partial charge >= 0.3 is 0 Å². The van der Waals surface area contributed by atoms with Crippen LogP contribution in [0.3, 0.4) is 0 Å². The van der Waals surface area contributed by atoms with Gasteiger partial charge in [-0.15, -0.1) is 0 Å². The summed E-state index contributed by atoms with van der Waals surface area (Å²) in [6, 6.07) is 7.65. The molecule has 0 bridgehead atoms. The minimum absolute atomic E-state index is 0.576. The van der Waals surface area contributed by atoms with Crippen molar-refractivity contribution in [2.45, 2.75) is 6.92 Å². The number of carbonyl (C=O) groups is 1. The van der Waals surface area contributed by atoms with Crippen molar-refractivity contribution >= 4 is 44.1 Å². The van der Waals surface area contributed by atoms with Crippen molar-refractivity contribution in [3.63, 3.8) is 0 Å². The second-order valence-electron chi connectivity index (χ2n) is 2.59. The molecule has 0 spiro atoms. The van der Waals surface area contributed by atoms with Crippen molar-refractivity contribution in [2.24, 2.45) is 0 Å². The van der Waals surface area contributed by atoms with Gasteiger partial charge in [-0.2, -0.15) is 0 Å². The van der Waals surface area contributed by atoms with Crippen molar-refractivity contribution in [2.75, 3.05) is 3.93 Å². The molecule has 0 amide bonds. The first-order chi connectivity index (χ1) is 6.69. The maximum absolute atomic E-state index is 10.7. The second kappa shape index (κ2) is 5.32. The van der Waals surface area contributed by atoms with Crippen LogP contribution in [0.5, 0.6) is 0 Å². The van der Waals surface area contributed by atoms with E-state index in [-0.39, 0.29) is 0 Å². The predicted molar refractivity (Wildman–Crippen MR) is 65.4 cm³/mol. The third-order valence-corrected chi connectivity index (χ3v) is 3.04. The number of nitrogens with zero attached hydrogens (tertiary/aromatic N) is 1. The lowest BCUT2D eigenvalue weighted by molar-refractivity contribution is -0.104. The zero-order chi connectivity index (χ0) is 10.6. The Balaban J connectivity index is 2.94. The minimum atomic E-state index is 0.576. The standard InChI is InChI=1S/C10H9Br2NO/c1-2-9(7-14)13(12)10-5-3-8(11)4-6-10/h2-7H,1H3/b9-2-. The van der Waals surface area contributed by atoms with Gasteiger partial charge in [0.15, 0.2) is 6.29 Å². The summed E-state index contributed by atoms with van der Waals surface area (Å²) in [7, 11) is 0. The molecule has 0 radical (unpaired) electrons. The Morgan fingerprint density at radius 3 is 2.36 bits per heavy atom. The summed E-state index contributed by atoms with van der Waals surface area (Å²) < 4.78 is 2.67. The Labute approximate surface area is 100 Å². The fourth-order valence-corrected chi connectivity index (χ4v) is 1.74. The molecule has 2 nitrogen and oxygen atoms in total. The third kappa shape index (κ3) is 2.69. The van der Waals surface area contributed by atoms with Crippen LogP contribution < -0.4 is 3.93 Å². The van der Waals surface area contributed by atoms with E-state index in [2.05, 4.69) is 32.1 Å². The van der Waals surface area contributed by atoms with Crippen LogP contribution >= 0.6 is 32.1 Å². The van der Waals surface area contributed by atoms with Gasteiger partial charge in [-0.1, -0.05) is 22.0 Å².